The molecule has 1 aromatic carbocycles. The Morgan fingerprint density at radius 1 is 1.21 bits per heavy atom. The molecule has 24 heavy (non-hydrogen) atoms. The number of nitrogens with two attached hydrogens (primary N) is 1. The molecule has 0 saturated carbocycles. The van der Waals surface area contributed by atoms with E-state index in [1.165, 1.54) is 24.0 Å². The number of aliphatic imine (C=N–C) groups is 1. The Bertz CT molecular complexity index is 699. The Labute approximate surface area is 144 Å². The quantitative estimate of drug-likeness (QED) is 0.646. The van der Waals surface area contributed by atoms with Gasteiger partial charge in [-0.05, 0) is 68.1 Å². The highest BCUT2D eigenvalue weighted by Gasteiger charge is 2.23. The molecule has 0 amide bonds. The van der Waals surface area contributed by atoms with Gasteiger partial charge in [-0.3, -0.25) is 4.99 Å². The second-order valence-electron chi connectivity index (χ2n) is 6.93. The highest BCUT2D eigenvalue weighted by Crippen LogP contribution is 2.27. The Kier molecular flexibility index (Phi) is 5.43. The smallest absolute Gasteiger partial charge is 0.193 e. The molecule has 5 nitrogen and oxygen atoms in total. The molecule has 0 aromatic heterocycles. The first kappa shape index (κ1) is 17.3. The van der Waals surface area contributed by atoms with Crippen LogP contribution in [0.3, 0.4) is 0 Å². The summed E-state index contributed by atoms with van der Waals surface area (Å²) < 4.78 is 22.9. The number of hydrogen-bond acceptors (Lipinski definition) is 3. The van der Waals surface area contributed by atoms with Crippen LogP contribution in [0.1, 0.15) is 43.2 Å². The lowest BCUT2D eigenvalue weighted by Crippen LogP contribution is -2.26. The first-order valence-corrected chi connectivity index (χ1v) is 10.7. The van der Waals surface area contributed by atoms with Crippen molar-refractivity contribution in [2.45, 2.75) is 44.9 Å². The summed E-state index contributed by atoms with van der Waals surface area (Å²) in [5.41, 5.74) is 9.91. The molecule has 0 unspecified atom stereocenters. The van der Waals surface area contributed by atoms with Crippen LogP contribution in [0, 0.1) is 5.92 Å². The van der Waals surface area contributed by atoms with Gasteiger partial charge in [0, 0.05) is 12.2 Å². The molecule has 3 N–H and O–H groups in total. The van der Waals surface area contributed by atoms with E-state index in [2.05, 4.69) is 28.5 Å². The molecular formula is C18H27N3O2S. The highest BCUT2D eigenvalue weighted by atomic mass is 32.2. The summed E-state index contributed by atoms with van der Waals surface area (Å²) in [5, 5.41) is 3.25. The summed E-state index contributed by atoms with van der Waals surface area (Å²) in [6.07, 6.45) is 7.17. The predicted octanol–water partition coefficient (Wildman–Crippen LogP) is 2.51. The topological polar surface area (TPSA) is 84.5 Å². The van der Waals surface area contributed by atoms with Gasteiger partial charge in [-0.2, -0.15) is 0 Å². The molecule has 6 heteroatoms. The van der Waals surface area contributed by atoms with E-state index in [0.717, 1.165) is 37.8 Å². The number of nitrogens with one attached hydrogen (secondary N) is 1. The molecule has 1 fully saturated rings. The molecule has 1 aromatic rings. The van der Waals surface area contributed by atoms with Crippen LogP contribution in [0.15, 0.2) is 23.2 Å². The van der Waals surface area contributed by atoms with Crippen LogP contribution < -0.4 is 11.1 Å². The van der Waals surface area contributed by atoms with Crippen LogP contribution in [0.2, 0.25) is 0 Å². The van der Waals surface area contributed by atoms with Crippen molar-refractivity contribution in [2.75, 3.05) is 23.4 Å². The molecule has 1 saturated heterocycles. The fourth-order valence-electron chi connectivity index (χ4n) is 3.67. The fraction of sp³-hybridized carbons (Fsp3) is 0.611. The standard InChI is InChI=1S/C18H27N3O2S/c19-18(20-11-8-14-9-12-24(22,23)13-10-14)21-17-7-3-5-15-4-1-2-6-16(15)17/h3,5,7,14H,1-2,4,6,8-13H2,(H3,19,20,21). The third kappa shape index (κ3) is 4.50. The minimum atomic E-state index is -2.78. The molecule has 0 radical (unpaired) electrons. The van der Waals surface area contributed by atoms with Crippen LogP contribution in [0.4, 0.5) is 5.69 Å². The number of hydrogen-bond donors (Lipinski definition) is 2. The van der Waals surface area contributed by atoms with Crippen molar-refractivity contribution in [3.63, 3.8) is 0 Å². The van der Waals surface area contributed by atoms with Crippen molar-refractivity contribution in [3.8, 4) is 0 Å². The molecule has 0 spiro atoms. The lowest BCUT2D eigenvalue weighted by atomic mass is 9.90. The number of anilines is 1. The third-order valence-electron chi connectivity index (χ3n) is 5.15. The van der Waals surface area contributed by atoms with E-state index >= 15 is 0 Å². The molecule has 0 atom stereocenters. The summed E-state index contributed by atoms with van der Waals surface area (Å²) in [4.78, 5) is 4.43. The van der Waals surface area contributed by atoms with Gasteiger partial charge in [0.25, 0.3) is 0 Å². The largest absolute Gasteiger partial charge is 0.370 e. The van der Waals surface area contributed by atoms with E-state index in [9.17, 15) is 8.42 Å². The zero-order valence-electron chi connectivity index (χ0n) is 14.1. The molecule has 1 heterocycles. The normalized spacial score (nSPS) is 21.2. The number of guanidine groups is 1. The van der Waals surface area contributed by atoms with Gasteiger partial charge in [0.1, 0.15) is 9.84 Å². The van der Waals surface area contributed by atoms with E-state index in [0.29, 0.717) is 29.9 Å². The summed E-state index contributed by atoms with van der Waals surface area (Å²) in [7, 11) is -2.78. The monoisotopic (exact) mass is 349 g/mol. The molecular weight excluding hydrogens is 322 g/mol. The minimum absolute atomic E-state index is 0.325. The number of sulfone groups is 1. The van der Waals surface area contributed by atoms with Gasteiger partial charge in [0.2, 0.25) is 0 Å². The van der Waals surface area contributed by atoms with E-state index < -0.39 is 9.84 Å². The Morgan fingerprint density at radius 2 is 1.96 bits per heavy atom. The van der Waals surface area contributed by atoms with Crippen LogP contribution in [-0.4, -0.2) is 32.4 Å². The number of benzene rings is 1. The lowest BCUT2D eigenvalue weighted by Gasteiger charge is -2.21. The maximum atomic E-state index is 11.4. The number of nitrogens with zero attached hydrogens (tertiary/aromatic N) is 1. The van der Waals surface area contributed by atoms with Gasteiger partial charge in [-0.15, -0.1) is 0 Å². The van der Waals surface area contributed by atoms with Gasteiger partial charge in [-0.1, -0.05) is 12.1 Å². The Morgan fingerprint density at radius 3 is 2.75 bits per heavy atom. The third-order valence-corrected chi connectivity index (χ3v) is 6.87. The molecule has 3 rings (SSSR count). The molecule has 1 aliphatic heterocycles. The van der Waals surface area contributed by atoms with E-state index in [1.54, 1.807) is 0 Å². The van der Waals surface area contributed by atoms with Gasteiger partial charge in [0.05, 0.1) is 11.5 Å². The summed E-state index contributed by atoms with van der Waals surface area (Å²) in [5.74, 6) is 1.56. The van der Waals surface area contributed by atoms with Crippen molar-refractivity contribution < 1.29 is 8.42 Å². The summed E-state index contributed by atoms with van der Waals surface area (Å²) in [6.45, 7) is 0.651. The van der Waals surface area contributed by atoms with Crippen molar-refractivity contribution in [1.29, 1.82) is 0 Å². The van der Waals surface area contributed by atoms with Crippen molar-refractivity contribution in [1.82, 2.24) is 0 Å². The van der Waals surface area contributed by atoms with Crippen LogP contribution in [0.5, 0.6) is 0 Å². The van der Waals surface area contributed by atoms with Gasteiger partial charge < -0.3 is 11.1 Å². The average molecular weight is 350 g/mol. The van der Waals surface area contributed by atoms with Crippen LogP contribution in [0.25, 0.3) is 0 Å². The molecule has 1 aliphatic carbocycles. The second kappa shape index (κ2) is 7.55. The fourth-order valence-corrected chi connectivity index (χ4v) is 5.26. The molecule has 0 bridgehead atoms. The number of aryl methyl sites for hydroxylation is 1. The first-order chi connectivity index (χ1) is 11.5. The van der Waals surface area contributed by atoms with Crippen molar-refractivity contribution in [3.05, 3.63) is 29.3 Å². The number of rotatable bonds is 4. The van der Waals surface area contributed by atoms with Crippen LogP contribution in [-0.2, 0) is 22.7 Å². The summed E-state index contributed by atoms with van der Waals surface area (Å²) in [6, 6.07) is 6.34. The van der Waals surface area contributed by atoms with E-state index in [-0.39, 0.29) is 0 Å². The minimum Gasteiger partial charge on any atom is -0.370 e. The predicted molar refractivity (Wildman–Crippen MR) is 99.2 cm³/mol. The Balaban J connectivity index is 1.52. The first-order valence-electron chi connectivity index (χ1n) is 8.92. The van der Waals surface area contributed by atoms with Gasteiger partial charge in [0.15, 0.2) is 5.96 Å². The van der Waals surface area contributed by atoms with E-state index in [1.807, 2.05) is 0 Å². The zero-order valence-corrected chi connectivity index (χ0v) is 14.9. The Hall–Kier alpha value is -1.56. The lowest BCUT2D eigenvalue weighted by molar-refractivity contribution is 0.441. The SMILES string of the molecule is NC(=NCCC1CCS(=O)(=O)CC1)Nc1cccc2c1CCCC2. The second-order valence-corrected chi connectivity index (χ2v) is 9.23. The maximum absolute atomic E-state index is 11.4. The van der Waals surface area contributed by atoms with Crippen molar-refractivity contribution >= 4 is 21.5 Å². The summed E-state index contributed by atoms with van der Waals surface area (Å²) >= 11 is 0. The van der Waals surface area contributed by atoms with Crippen molar-refractivity contribution in [2.24, 2.45) is 16.6 Å². The maximum Gasteiger partial charge on any atom is 0.193 e. The zero-order chi connectivity index (χ0) is 17.0. The molecule has 2 aliphatic rings. The van der Waals surface area contributed by atoms with Crippen LogP contribution >= 0.6 is 0 Å². The number of fused-ring (bicyclic) bond motifs is 1. The highest BCUT2D eigenvalue weighted by molar-refractivity contribution is 7.91. The van der Waals surface area contributed by atoms with E-state index in [4.69, 9.17) is 5.73 Å². The van der Waals surface area contributed by atoms with Gasteiger partial charge in [-0.25, -0.2) is 8.42 Å². The molecule has 132 valence electrons. The average Bonchev–Trinajstić information content (AvgIpc) is 2.57. The van der Waals surface area contributed by atoms with Gasteiger partial charge >= 0.3 is 0 Å².